The Hall–Kier alpha value is -2.99. The molecule has 1 saturated carbocycles. The Kier molecular flexibility index (Phi) is 6.18. The molecule has 2 aliphatic carbocycles. The molecule has 0 aliphatic heterocycles. The van der Waals surface area contributed by atoms with E-state index in [2.05, 4.69) is 5.32 Å². The van der Waals surface area contributed by atoms with Crippen molar-refractivity contribution >= 4 is 35.0 Å². The number of ether oxygens (including phenoxy) is 1. The largest absolute Gasteiger partial charge is 0.452 e. The Morgan fingerprint density at radius 2 is 1.55 bits per heavy atom. The Labute approximate surface area is 184 Å². The zero-order valence-electron chi connectivity index (χ0n) is 16.9. The van der Waals surface area contributed by atoms with Crippen molar-refractivity contribution in [2.45, 2.75) is 44.6 Å². The smallest absolute Gasteiger partial charge is 0.340 e. The number of halogens is 1. The average molecular weight is 440 g/mol. The number of rotatable bonds is 4. The van der Waals surface area contributed by atoms with Crippen molar-refractivity contribution in [2.75, 3.05) is 6.61 Å². The van der Waals surface area contributed by atoms with Crippen LogP contribution in [0.5, 0.6) is 0 Å². The number of carbonyl (C=O) groups is 4. The van der Waals surface area contributed by atoms with E-state index in [9.17, 15) is 19.2 Å². The molecule has 0 unspecified atom stereocenters. The maximum absolute atomic E-state index is 12.9. The van der Waals surface area contributed by atoms with Gasteiger partial charge in [-0.3, -0.25) is 14.4 Å². The SMILES string of the molecule is O=C(COC(=O)c1ccc2c(c1Cl)C(=O)c1ccccc1C2=O)NC1CCCCCC1. The third-order valence-electron chi connectivity index (χ3n) is 5.80. The topological polar surface area (TPSA) is 89.5 Å². The van der Waals surface area contributed by atoms with Crippen LogP contribution in [0.4, 0.5) is 0 Å². The Bertz CT molecular complexity index is 1070. The number of hydrogen-bond acceptors (Lipinski definition) is 5. The van der Waals surface area contributed by atoms with Crippen molar-refractivity contribution in [3.8, 4) is 0 Å². The molecule has 2 aromatic carbocycles. The summed E-state index contributed by atoms with van der Waals surface area (Å²) < 4.78 is 5.13. The van der Waals surface area contributed by atoms with Crippen LogP contribution in [0.3, 0.4) is 0 Å². The fraction of sp³-hybridized carbons (Fsp3) is 0.333. The minimum Gasteiger partial charge on any atom is -0.452 e. The number of hydrogen-bond donors (Lipinski definition) is 1. The number of ketones is 2. The molecule has 0 aromatic heterocycles. The molecule has 2 aromatic rings. The molecule has 4 rings (SSSR count). The summed E-state index contributed by atoms with van der Waals surface area (Å²) in [6, 6.07) is 9.34. The normalized spacial score (nSPS) is 16.2. The van der Waals surface area contributed by atoms with E-state index in [0.29, 0.717) is 5.56 Å². The lowest BCUT2D eigenvalue weighted by molar-refractivity contribution is -0.125. The molecule has 2 aliphatic rings. The lowest BCUT2D eigenvalue weighted by atomic mass is 9.83. The first kappa shape index (κ1) is 21.2. The molecule has 0 heterocycles. The predicted molar refractivity (Wildman–Crippen MR) is 115 cm³/mol. The van der Waals surface area contributed by atoms with Crippen molar-refractivity contribution in [1.29, 1.82) is 0 Å². The fourth-order valence-electron chi connectivity index (χ4n) is 4.21. The van der Waals surface area contributed by atoms with Gasteiger partial charge in [0.1, 0.15) is 0 Å². The van der Waals surface area contributed by atoms with Gasteiger partial charge >= 0.3 is 5.97 Å². The van der Waals surface area contributed by atoms with Crippen LogP contribution in [0.15, 0.2) is 36.4 Å². The standard InChI is InChI=1S/C24H22ClNO5/c25-21-18(24(30)31-13-19(27)26-14-7-3-1-2-4-8-14)12-11-17-20(21)23(29)16-10-6-5-9-15(16)22(17)28/h5-6,9-12,14H,1-4,7-8,13H2,(H,26,27). The highest BCUT2D eigenvalue weighted by Crippen LogP contribution is 2.34. The van der Waals surface area contributed by atoms with Gasteiger partial charge < -0.3 is 10.1 Å². The van der Waals surface area contributed by atoms with E-state index in [1.807, 2.05) is 0 Å². The van der Waals surface area contributed by atoms with Crippen molar-refractivity contribution in [2.24, 2.45) is 0 Å². The Balaban J connectivity index is 1.48. The van der Waals surface area contributed by atoms with Crippen LogP contribution >= 0.6 is 11.6 Å². The van der Waals surface area contributed by atoms with Gasteiger partial charge in [0, 0.05) is 22.7 Å². The first-order valence-corrected chi connectivity index (χ1v) is 10.8. The monoisotopic (exact) mass is 439 g/mol. The van der Waals surface area contributed by atoms with Crippen LogP contribution in [-0.4, -0.2) is 36.1 Å². The van der Waals surface area contributed by atoms with Crippen LogP contribution < -0.4 is 5.32 Å². The number of benzene rings is 2. The van der Waals surface area contributed by atoms with Crippen LogP contribution in [0.25, 0.3) is 0 Å². The van der Waals surface area contributed by atoms with Crippen LogP contribution in [0.1, 0.15) is 80.7 Å². The van der Waals surface area contributed by atoms with Crippen LogP contribution in [0.2, 0.25) is 5.02 Å². The summed E-state index contributed by atoms with van der Waals surface area (Å²) in [4.78, 5) is 50.4. The zero-order valence-corrected chi connectivity index (χ0v) is 17.7. The Morgan fingerprint density at radius 3 is 2.23 bits per heavy atom. The molecule has 0 radical (unpaired) electrons. The molecule has 7 heteroatoms. The molecular formula is C24H22ClNO5. The number of nitrogens with one attached hydrogen (secondary N) is 1. The Morgan fingerprint density at radius 1 is 0.903 bits per heavy atom. The molecule has 6 nitrogen and oxygen atoms in total. The first-order valence-electron chi connectivity index (χ1n) is 10.4. The van der Waals surface area contributed by atoms with Crippen molar-refractivity contribution in [3.05, 3.63) is 69.2 Å². The van der Waals surface area contributed by atoms with Gasteiger partial charge in [-0.15, -0.1) is 0 Å². The molecule has 1 N–H and O–H groups in total. The summed E-state index contributed by atoms with van der Waals surface area (Å²) in [6.45, 7) is -0.432. The third-order valence-corrected chi connectivity index (χ3v) is 6.20. The summed E-state index contributed by atoms with van der Waals surface area (Å²) >= 11 is 6.36. The molecule has 0 spiro atoms. The second-order valence-electron chi connectivity index (χ2n) is 7.89. The van der Waals surface area contributed by atoms with E-state index in [4.69, 9.17) is 16.3 Å². The first-order chi connectivity index (χ1) is 15.0. The van der Waals surface area contributed by atoms with Gasteiger partial charge in [0.25, 0.3) is 5.91 Å². The highest BCUT2D eigenvalue weighted by atomic mass is 35.5. The minimum atomic E-state index is -0.817. The van der Waals surface area contributed by atoms with E-state index < -0.39 is 18.4 Å². The van der Waals surface area contributed by atoms with Gasteiger partial charge in [-0.1, -0.05) is 61.5 Å². The molecule has 1 fully saturated rings. The highest BCUT2D eigenvalue weighted by Gasteiger charge is 2.33. The van der Waals surface area contributed by atoms with Gasteiger partial charge in [0.05, 0.1) is 16.1 Å². The van der Waals surface area contributed by atoms with Gasteiger partial charge in [0.15, 0.2) is 18.2 Å². The molecular weight excluding hydrogens is 418 g/mol. The average Bonchev–Trinajstić information content (AvgIpc) is 3.04. The van der Waals surface area contributed by atoms with E-state index >= 15 is 0 Å². The third kappa shape index (κ3) is 4.26. The zero-order chi connectivity index (χ0) is 22.0. The van der Waals surface area contributed by atoms with E-state index in [0.717, 1.165) is 25.7 Å². The van der Waals surface area contributed by atoms with Gasteiger partial charge in [0.2, 0.25) is 0 Å². The molecule has 0 saturated heterocycles. The van der Waals surface area contributed by atoms with Gasteiger partial charge in [-0.05, 0) is 25.0 Å². The van der Waals surface area contributed by atoms with Gasteiger partial charge in [-0.2, -0.15) is 0 Å². The summed E-state index contributed by atoms with van der Waals surface area (Å²) in [7, 11) is 0. The maximum atomic E-state index is 12.9. The number of fused-ring (bicyclic) bond motifs is 2. The minimum absolute atomic E-state index is 0.0114. The fourth-order valence-corrected chi connectivity index (χ4v) is 4.53. The summed E-state index contributed by atoms with van der Waals surface area (Å²) in [5, 5.41) is 2.77. The number of carbonyl (C=O) groups excluding carboxylic acids is 4. The second-order valence-corrected chi connectivity index (χ2v) is 8.26. The van der Waals surface area contributed by atoms with Crippen molar-refractivity contribution in [3.63, 3.8) is 0 Å². The number of esters is 1. The maximum Gasteiger partial charge on any atom is 0.340 e. The molecule has 31 heavy (non-hydrogen) atoms. The lowest BCUT2D eigenvalue weighted by Crippen LogP contribution is -2.37. The summed E-state index contributed by atoms with van der Waals surface area (Å²) in [6.07, 6.45) is 6.34. The highest BCUT2D eigenvalue weighted by molar-refractivity contribution is 6.41. The number of amides is 1. The van der Waals surface area contributed by atoms with Crippen molar-refractivity contribution in [1.82, 2.24) is 5.32 Å². The molecule has 0 atom stereocenters. The quantitative estimate of drug-likeness (QED) is 0.488. The summed E-state index contributed by atoms with van der Waals surface area (Å²) in [5.41, 5.74) is 0.638. The molecule has 0 bridgehead atoms. The summed E-state index contributed by atoms with van der Waals surface area (Å²) in [5.74, 6) is -1.93. The van der Waals surface area contributed by atoms with Gasteiger partial charge in [-0.25, -0.2) is 4.79 Å². The van der Waals surface area contributed by atoms with E-state index in [-0.39, 0.29) is 45.0 Å². The van der Waals surface area contributed by atoms with Crippen LogP contribution in [0, 0.1) is 0 Å². The second kappa shape index (κ2) is 9.02. The predicted octanol–water partition coefficient (Wildman–Crippen LogP) is 4.11. The van der Waals surface area contributed by atoms with E-state index in [1.54, 1.807) is 24.3 Å². The van der Waals surface area contributed by atoms with Crippen molar-refractivity contribution < 1.29 is 23.9 Å². The van der Waals surface area contributed by atoms with E-state index in [1.165, 1.54) is 25.0 Å². The molecule has 160 valence electrons. The molecule has 1 amide bonds. The lowest BCUT2D eigenvalue weighted by Gasteiger charge is -2.19. The van der Waals surface area contributed by atoms with Crippen LogP contribution in [-0.2, 0) is 9.53 Å².